The zero-order valence-corrected chi connectivity index (χ0v) is 21.2. The van der Waals surface area contributed by atoms with Crippen LogP contribution in [0, 0.1) is 5.82 Å². The van der Waals surface area contributed by atoms with Crippen molar-refractivity contribution in [2.45, 2.75) is 17.1 Å². The van der Waals surface area contributed by atoms with Gasteiger partial charge in [0.05, 0.1) is 10.6 Å². The third-order valence-electron chi connectivity index (χ3n) is 4.75. The maximum Gasteiger partial charge on any atom is 0.264 e. The molecule has 34 heavy (non-hydrogen) atoms. The molecule has 0 saturated heterocycles. The van der Waals surface area contributed by atoms with Gasteiger partial charge < -0.3 is 5.32 Å². The Kier molecular flexibility index (Phi) is 9.64. The minimum Gasteiger partial charge on any atom is -0.354 e. The molecule has 0 aliphatic rings. The fraction of sp³-hybridized carbons (Fsp3) is 0.208. The van der Waals surface area contributed by atoms with Gasteiger partial charge in [0.2, 0.25) is 5.91 Å². The number of rotatable bonds is 11. The van der Waals surface area contributed by atoms with E-state index in [2.05, 4.69) is 5.32 Å². The lowest BCUT2D eigenvalue weighted by atomic mass is 10.2. The van der Waals surface area contributed by atoms with Crippen LogP contribution in [0.4, 0.5) is 10.1 Å². The van der Waals surface area contributed by atoms with Gasteiger partial charge in [-0.15, -0.1) is 0 Å². The largest absolute Gasteiger partial charge is 0.354 e. The first kappa shape index (κ1) is 26.3. The highest BCUT2D eigenvalue weighted by Gasteiger charge is 2.27. The molecule has 3 rings (SSSR count). The maximum atomic E-state index is 13.3. The molecule has 0 spiro atoms. The predicted octanol–water partition coefficient (Wildman–Crippen LogP) is 5.77. The summed E-state index contributed by atoms with van der Waals surface area (Å²) in [5.41, 5.74) is 1.31. The van der Waals surface area contributed by atoms with Crippen LogP contribution in [0.5, 0.6) is 0 Å². The van der Waals surface area contributed by atoms with Gasteiger partial charge in [-0.2, -0.15) is 11.8 Å². The van der Waals surface area contributed by atoms with Crippen molar-refractivity contribution in [1.29, 1.82) is 0 Å². The Balaban J connectivity index is 1.58. The Morgan fingerprint density at radius 2 is 1.68 bits per heavy atom. The maximum absolute atomic E-state index is 13.3. The van der Waals surface area contributed by atoms with Crippen molar-refractivity contribution in [2.75, 3.05) is 23.1 Å². The molecule has 0 bridgehead atoms. The summed E-state index contributed by atoms with van der Waals surface area (Å²) >= 11 is 13.6. The zero-order valence-electron chi connectivity index (χ0n) is 18.1. The summed E-state index contributed by atoms with van der Waals surface area (Å²) in [5.74, 6) is 0.844. The number of halogens is 3. The molecule has 0 heterocycles. The van der Waals surface area contributed by atoms with Crippen molar-refractivity contribution in [2.24, 2.45) is 0 Å². The van der Waals surface area contributed by atoms with E-state index in [-0.39, 0.29) is 16.4 Å². The molecule has 0 fully saturated rings. The fourth-order valence-electron chi connectivity index (χ4n) is 3.04. The summed E-state index contributed by atoms with van der Waals surface area (Å²) in [5, 5.41) is 3.53. The summed E-state index contributed by atoms with van der Waals surface area (Å²) in [6, 6.07) is 18.4. The lowest BCUT2D eigenvalue weighted by Gasteiger charge is -2.24. The van der Waals surface area contributed by atoms with E-state index >= 15 is 0 Å². The SMILES string of the molecule is O=C(CN(c1cccc(Cl)c1)S(=O)(=O)c1ccc(Cl)cc1)NCCCSCc1ccc(F)cc1. The lowest BCUT2D eigenvalue weighted by molar-refractivity contribution is -0.119. The number of sulfonamides is 1. The monoisotopic (exact) mass is 540 g/mol. The normalized spacial score (nSPS) is 11.3. The number of hydrogen-bond donors (Lipinski definition) is 1. The van der Waals surface area contributed by atoms with E-state index in [1.165, 1.54) is 42.5 Å². The summed E-state index contributed by atoms with van der Waals surface area (Å²) < 4.78 is 40.6. The first-order chi connectivity index (χ1) is 16.3. The highest BCUT2D eigenvalue weighted by atomic mass is 35.5. The van der Waals surface area contributed by atoms with Crippen LogP contribution in [-0.2, 0) is 20.6 Å². The van der Waals surface area contributed by atoms with Crippen LogP contribution in [0.2, 0.25) is 10.0 Å². The molecule has 3 aromatic rings. The van der Waals surface area contributed by atoms with E-state index in [1.807, 2.05) is 0 Å². The van der Waals surface area contributed by atoms with Crippen molar-refractivity contribution in [3.63, 3.8) is 0 Å². The average molecular weight is 541 g/mol. The Morgan fingerprint density at radius 1 is 0.971 bits per heavy atom. The Bertz CT molecular complexity index is 1210. The summed E-state index contributed by atoms with van der Waals surface area (Å²) in [4.78, 5) is 12.6. The number of carbonyl (C=O) groups is 1. The van der Waals surface area contributed by atoms with Gasteiger partial charge in [-0.1, -0.05) is 41.4 Å². The van der Waals surface area contributed by atoms with Crippen LogP contribution in [0.1, 0.15) is 12.0 Å². The molecule has 0 unspecified atom stereocenters. The summed E-state index contributed by atoms with van der Waals surface area (Å²) in [7, 11) is -4.03. The van der Waals surface area contributed by atoms with Gasteiger partial charge in [-0.05, 0) is 72.3 Å². The number of anilines is 1. The number of thioether (sulfide) groups is 1. The highest BCUT2D eigenvalue weighted by Crippen LogP contribution is 2.26. The first-order valence-corrected chi connectivity index (χ1v) is 13.7. The number of nitrogens with zero attached hydrogens (tertiary/aromatic N) is 1. The molecular weight excluding hydrogens is 518 g/mol. The van der Waals surface area contributed by atoms with Crippen molar-refractivity contribution < 1.29 is 17.6 Å². The van der Waals surface area contributed by atoms with E-state index in [0.29, 0.717) is 23.0 Å². The molecule has 1 N–H and O–H groups in total. The second-order valence-corrected chi connectivity index (χ2v) is 11.2. The van der Waals surface area contributed by atoms with Gasteiger partial charge in [-0.3, -0.25) is 9.10 Å². The number of hydrogen-bond acceptors (Lipinski definition) is 4. The molecule has 3 aromatic carbocycles. The Morgan fingerprint density at radius 3 is 2.35 bits per heavy atom. The van der Waals surface area contributed by atoms with E-state index in [4.69, 9.17) is 23.2 Å². The van der Waals surface area contributed by atoms with Crippen LogP contribution in [-0.4, -0.2) is 33.2 Å². The van der Waals surface area contributed by atoms with Gasteiger partial charge in [-0.25, -0.2) is 12.8 Å². The standard InChI is InChI=1S/C24H23Cl2FN2O3S2/c25-19-7-11-23(12-8-19)34(31,32)29(22-4-1-3-20(26)15-22)16-24(30)28-13-2-14-33-17-18-5-9-21(27)10-6-18/h1,3-12,15H,2,13-14,16-17H2,(H,28,30). The van der Waals surface area contributed by atoms with Crippen LogP contribution in [0.15, 0.2) is 77.7 Å². The molecule has 180 valence electrons. The summed E-state index contributed by atoms with van der Waals surface area (Å²) in [6.07, 6.45) is 0.707. The second-order valence-electron chi connectivity index (χ2n) is 7.33. The van der Waals surface area contributed by atoms with Gasteiger partial charge in [0.25, 0.3) is 10.0 Å². The van der Waals surface area contributed by atoms with E-state index < -0.39 is 22.5 Å². The van der Waals surface area contributed by atoms with Crippen LogP contribution in [0.3, 0.4) is 0 Å². The van der Waals surface area contributed by atoms with Crippen LogP contribution in [0.25, 0.3) is 0 Å². The van der Waals surface area contributed by atoms with Crippen molar-refractivity contribution in [3.05, 3.63) is 94.2 Å². The van der Waals surface area contributed by atoms with E-state index in [1.54, 1.807) is 42.1 Å². The average Bonchev–Trinajstić information content (AvgIpc) is 2.81. The molecule has 10 heteroatoms. The number of nitrogens with one attached hydrogen (secondary N) is 1. The van der Waals surface area contributed by atoms with E-state index in [0.717, 1.165) is 21.4 Å². The van der Waals surface area contributed by atoms with Gasteiger partial charge in [0.1, 0.15) is 12.4 Å². The zero-order chi connectivity index (χ0) is 24.6. The quantitative estimate of drug-likeness (QED) is 0.313. The van der Waals surface area contributed by atoms with Crippen LogP contribution < -0.4 is 9.62 Å². The number of benzene rings is 3. The van der Waals surface area contributed by atoms with Crippen molar-refractivity contribution >= 4 is 56.6 Å². The van der Waals surface area contributed by atoms with Gasteiger partial charge in [0, 0.05) is 22.3 Å². The molecule has 5 nitrogen and oxygen atoms in total. The number of carbonyl (C=O) groups excluding carboxylic acids is 1. The predicted molar refractivity (Wildman–Crippen MR) is 138 cm³/mol. The molecule has 0 aliphatic carbocycles. The number of amides is 1. The highest BCUT2D eigenvalue weighted by molar-refractivity contribution is 7.98. The Hall–Kier alpha value is -2.26. The molecule has 0 aromatic heterocycles. The third-order valence-corrected chi connectivity index (χ3v) is 8.14. The van der Waals surface area contributed by atoms with Crippen LogP contribution >= 0.6 is 35.0 Å². The molecular formula is C24H23Cl2FN2O3S2. The van der Waals surface area contributed by atoms with Gasteiger partial charge in [0.15, 0.2) is 0 Å². The lowest BCUT2D eigenvalue weighted by Crippen LogP contribution is -2.41. The smallest absolute Gasteiger partial charge is 0.264 e. The fourth-order valence-corrected chi connectivity index (χ4v) is 5.68. The summed E-state index contributed by atoms with van der Waals surface area (Å²) in [6.45, 7) is 0.00759. The molecule has 1 amide bonds. The molecule has 0 aliphatic heterocycles. The molecule has 0 saturated carbocycles. The Labute approximate surface area is 213 Å². The van der Waals surface area contributed by atoms with Crippen molar-refractivity contribution in [1.82, 2.24) is 5.32 Å². The topological polar surface area (TPSA) is 66.5 Å². The first-order valence-electron chi connectivity index (χ1n) is 10.4. The minimum absolute atomic E-state index is 0.0156. The van der Waals surface area contributed by atoms with Crippen molar-refractivity contribution in [3.8, 4) is 0 Å². The minimum atomic E-state index is -4.03. The third kappa shape index (κ3) is 7.63. The second kappa shape index (κ2) is 12.4. The van der Waals surface area contributed by atoms with E-state index in [9.17, 15) is 17.6 Å². The molecule has 0 atom stereocenters. The van der Waals surface area contributed by atoms with Gasteiger partial charge >= 0.3 is 0 Å². The molecule has 0 radical (unpaired) electrons.